The molecule has 0 spiro atoms. The molecule has 0 nitrogen and oxygen atoms in total. The Kier molecular flexibility index (Phi) is 1.82. The van der Waals surface area contributed by atoms with Crippen LogP contribution in [0.1, 0.15) is 5.56 Å². The molecule has 0 aromatic heterocycles. The van der Waals surface area contributed by atoms with Gasteiger partial charge in [-0.2, -0.15) is 0 Å². The zero-order valence-corrected chi connectivity index (χ0v) is 6.34. The molecule has 1 unspecified atom stereocenters. The average molecular weight is 142 g/mol. The molecule has 0 saturated carbocycles. The molecular formula is C7H8FP. The molecule has 0 aliphatic carbocycles. The van der Waals surface area contributed by atoms with Crippen molar-refractivity contribution >= 4 is 14.5 Å². The van der Waals surface area contributed by atoms with Crippen molar-refractivity contribution in [3.8, 4) is 0 Å². The summed E-state index contributed by atoms with van der Waals surface area (Å²) in [6, 6.07) is 5.01. The first-order chi connectivity index (χ1) is 4.20. The Morgan fingerprint density at radius 1 is 1.44 bits per heavy atom. The number of aryl methyl sites for hydroxylation is 1. The van der Waals surface area contributed by atoms with Gasteiger partial charge in [-0.3, -0.25) is 0 Å². The molecule has 9 heavy (non-hydrogen) atoms. The Balaban J connectivity index is 3.17. The fourth-order valence-corrected chi connectivity index (χ4v) is 1.02. The maximum absolute atomic E-state index is 12.5. The van der Waals surface area contributed by atoms with Crippen LogP contribution < -0.4 is 5.30 Å². The number of hydrogen-bond donors (Lipinski definition) is 0. The van der Waals surface area contributed by atoms with Crippen molar-refractivity contribution in [2.45, 2.75) is 6.92 Å². The molecule has 0 aliphatic heterocycles. The number of hydrogen-bond acceptors (Lipinski definition) is 0. The average Bonchev–Trinajstić information content (AvgIpc) is 1.80. The first kappa shape index (κ1) is 6.70. The SMILES string of the molecule is Cc1ccc(F)c(P)c1. The van der Waals surface area contributed by atoms with Crippen LogP contribution in [0.3, 0.4) is 0 Å². The first-order valence-electron chi connectivity index (χ1n) is 2.72. The molecule has 48 valence electrons. The highest BCUT2D eigenvalue weighted by Gasteiger charge is 1.93. The topological polar surface area (TPSA) is 0 Å². The van der Waals surface area contributed by atoms with Crippen molar-refractivity contribution in [3.63, 3.8) is 0 Å². The molecule has 1 aromatic carbocycles. The van der Waals surface area contributed by atoms with Crippen LogP contribution >= 0.6 is 9.24 Å². The second-order valence-corrected chi connectivity index (χ2v) is 2.65. The third kappa shape index (κ3) is 1.49. The van der Waals surface area contributed by atoms with Crippen LogP contribution in [-0.4, -0.2) is 0 Å². The van der Waals surface area contributed by atoms with Gasteiger partial charge >= 0.3 is 0 Å². The summed E-state index contributed by atoms with van der Waals surface area (Å²) in [4.78, 5) is 0. The summed E-state index contributed by atoms with van der Waals surface area (Å²) in [7, 11) is 2.35. The molecule has 2 heteroatoms. The summed E-state index contributed by atoms with van der Waals surface area (Å²) >= 11 is 0. The minimum absolute atomic E-state index is 0.161. The van der Waals surface area contributed by atoms with Crippen molar-refractivity contribution in [1.82, 2.24) is 0 Å². The van der Waals surface area contributed by atoms with Gasteiger partial charge in [0.05, 0.1) is 0 Å². The normalized spacial score (nSPS) is 9.67. The van der Waals surface area contributed by atoms with E-state index in [-0.39, 0.29) is 5.82 Å². The lowest BCUT2D eigenvalue weighted by molar-refractivity contribution is 0.636. The fraction of sp³-hybridized carbons (Fsp3) is 0.143. The van der Waals surface area contributed by atoms with Crippen LogP contribution in [0.15, 0.2) is 18.2 Å². The number of benzene rings is 1. The van der Waals surface area contributed by atoms with Gasteiger partial charge in [-0.1, -0.05) is 11.6 Å². The van der Waals surface area contributed by atoms with E-state index >= 15 is 0 Å². The summed E-state index contributed by atoms with van der Waals surface area (Å²) in [5, 5.41) is 0.634. The summed E-state index contributed by atoms with van der Waals surface area (Å²) in [5.41, 5.74) is 1.08. The van der Waals surface area contributed by atoms with E-state index in [9.17, 15) is 4.39 Å². The summed E-state index contributed by atoms with van der Waals surface area (Å²) < 4.78 is 12.5. The molecular weight excluding hydrogens is 134 g/mol. The highest BCUT2D eigenvalue weighted by Crippen LogP contribution is 2.01. The zero-order valence-electron chi connectivity index (χ0n) is 5.19. The van der Waals surface area contributed by atoms with Crippen LogP contribution in [0.5, 0.6) is 0 Å². The van der Waals surface area contributed by atoms with Crippen LogP contribution in [0.2, 0.25) is 0 Å². The number of halogens is 1. The molecule has 1 rings (SSSR count). The third-order valence-electron chi connectivity index (χ3n) is 1.15. The second kappa shape index (κ2) is 2.45. The molecule has 0 N–H and O–H groups in total. The van der Waals surface area contributed by atoms with Gasteiger partial charge in [-0.25, -0.2) is 4.39 Å². The van der Waals surface area contributed by atoms with E-state index in [4.69, 9.17) is 0 Å². The van der Waals surface area contributed by atoms with Crippen molar-refractivity contribution in [2.24, 2.45) is 0 Å². The van der Waals surface area contributed by atoms with Crippen LogP contribution in [0, 0.1) is 12.7 Å². The van der Waals surface area contributed by atoms with Gasteiger partial charge in [0.15, 0.2) is 0 Å². The predicted octanol–water partition coefficient (Wildman–Crippen LogP) is 1.63. The van der Waals surface area contributed by atoms with Crippen LogP contribution in [-0.2, 0) is 0 Å². The molecule has 1 atom stereocenters. The lowest BCUT2D eigenvalue weighted by Crippen LogP contribution is -1.96. The van der Waals surface area contributed by atoms with Gasteiger partial charge in [-0.15, -0.1) is 9.24 Å². The van der Waals surface area contributed by atoms with E-state index in [1.54, 1.807) is 12.1 Å². The monoisotopic (exact) mass is 142 g/mol. The van der Waals surface area contributed by atoms with Crippen molar-refractivity contribution < 1.29 is 4.39 Å². The molecule has 0 saturated heterocycles. The summed E-state index contributed by atoms with van der Waals surface area (Å²) in [5.74, 6) is -0.161. The highest BCUT2D eigenvalue weighted by molar-refractivity contribution is 7.27. The standard InChI is InChI=1S/C7H8FP/c1-5-2-3-6(8)7(9)4-5/h2-4H,9H2,1H3. The summed E-state index contributed by atoms with van der Waals surface area (Å²) in [6.07, 6.45) is 0. The van der Waals surface area contributed by atoms with E-state index in [1.807, 2.05) is 6.92 Å². The zero-order chi connectivity index (χ0) is 6.85. The van der Waals surface area contributed by atoms with Crippen LogP contribution in [0.25, 0.3) is 0 Å². The van der Waals surface area contributed by atoms with Gasteiger partial charge < -0.3 is 0 Å². The van der Waals surface area contributed by atoms with Gasteiger partial charge in [-0.05, 0) is 19.1 Å². The fourth-order valence-electron chi connectivity index (χ4n) is 0.663. The van der Waals surface area contributed by atoms with E-state index in [0.717, 1.165) is 5.56 Å². The summed E-state index contributed by atoms with van der Waals surface area (Å²) in [6.45, 7) is 1.94. The lowest BCUT2D eigenvalue weighted by atomic mass is 10.2. The molecule has 1 aromatic rings. The Bertz CT molecular complexity index is 220. The third-order valence-corrected chi connectivity index (χ3v) is 1.59. The minimum Gasteiger partial charge on any atom is -0.206 e. The van der Waals surface area contributed by atoms with Crippen molar-refractivity contribution in [2.75, 3.05) is 0 Å². The van der Waals surface area contributed by atoms with E-state index in [1.165, 1.54) is 6.07 Å². The molecule has 0 bridgehead atoms. The molecule has 0 amide bonds. The predicted molar refractivity (Wildman–Crippen MR) is 40.5 cm³/mol. The molecule has 0 aliphatic rings. The van der Waals surface area contributed by atoms with Gasteiger partial charge in [0.2, 0.25) is 0 Å². The Morgan fingerprint density at radius 3 is 2.56 bits per heavy atom. The Labute approximate surface area is 56.3 Å². The maximum Gasteiger partial charge on any atom is 0.130 e. The Hall–Kier alpha value is -0.420. The maximum atomic E-state index is 12.5. The van der Waals surface area contributed by atoms with Gasteiger partial charge in [0.1, 0.15) is 5.82 Å². The van der Waals surface area contributed by atoms with E-state index < -0.39 is 0 Å². The van der Waals surface area contributed by atoms with Crippen molar-refractivity contribution in [3.05, 3.63) is 29.6 Å². The van der Waals surface area contributed by atoms with Gasteiger partial charge in [0.25, 0.3) is 0 Å². The molecule has 0 radical (unpaired) electrons. The smallest absolute Gasteiger partial charge is 0.130 e. The highest BCUT2D eigenvalue weighted by atomic mass is 31.0. The quantitative estimate of drug-likeness (QED) is 0.483. The number of rotatable bonds is 0. The van der Waals surface area contributed by atoms with Crippen LogP contribution in [0.4, 0.5) is 4.39 Å². The minimum atomic E-state index is -0.161. The molecule has 0 fully saturated rings. The lowest BCUT2D eigenvalue weighted by Gasteiger charge is -1.94. The largest absolute Gasteiger partial charge is 0.206 e. The Morgan fingerprint density at radius 2 is 2.11 bits per heavy atom. The second-order valence-electron chi connectivity index (χ2n) is 2.02. The van der Waals surface area contributed by atoms with E-state index in [0.29, 0.717) is 5.30 Å². The molecule has 0 heterocycles. The van der Waals surface area contributed by atoms with E-state index in [2.05, 4.69) is 9.24 Å². The first-order valence-corrected chi connectivity index (χ1v) is 3.29. The van der Waals surface area contributed by atoms with Crippen molar-refractivity contribution in [1.29, 1.82) is 0 Å². The van der Waals surface area contributed by atoms with Gasteiger partial charge in [0, 0.05) is 5.30 Å².